The summed E-state index contributed by atoms with van der Waals surface area (Å²) in [6.45, 7) is 0.807. The summed E-state index contributed by atoms with van der Waals surface area (Å²) in [4.78, 5) is 12.0. The number of hydrogen-bond donors (Lipinski definition) is 2. The molecule has 5 nitrogen and oxygen atoms in total. The number of benzene rings is 1. The lowest BCUT2D eigenvalue weighted by atomic mass is 10.1. The van der Waals surface area contributed by atoms with Crippen LogP contribution in [0.15, 0.2) is 18.2 Å². The summed E-state index contributed by atoms with van der Waals surface area (Å²) >= 11 is 5.95. The topological polar surface area (TPSA) is 73.6 Å². The number of rotatable bonds is 5. The van der Waals surface area contributed by atoms with Crippen molar-refractivity contribution in [2.45, 2.75) is 31.6 Å². The molecule has 3 N–H and O–H groups in total. The van der Waals surface area contributed by atoms with Crippen molar-refractivity contribution >= 4 is 29.9 Å². The third kappa shape index (κ3) is 4.74. The molecule has 1 aromatic carbocycles. The third-order valence-electron chi connectivity index (χ3n) is 3.36. The maximum absolute atomic E-state index is 12.0. The van der Waals surface area contributed by atoms with Gasteiger partial charge in [-0.25, -0.2) is 0 Å². The number of carbonyl (C=O) groups excluding carboxylic acids is 1. The normalized spacial score (nSPS) is 20.7. The Labute approximate surface area is 135 Å². The zero-order chi connectivity index (χ0) is 14.5. The van der Waals surface area contributed by atoms with Crippen molar-refractivity contribution in [1.29, 1.82) is 0 Å². The number of hydrogen-bond acceptors (Lipinski definition) is 4. The molecule has 21 heavy (non-hydrogen) atoms. The summed E-state index contributed by atoms with van der Waals surface area (Å²) < 4.78 is 10.8. The number of ether oxygens (including phenoxy) is 2. The average molecular weight is 335 g/mol. The molecule has 1 heterocycles. The highest BCUT2D eigenvalue weighted by atomic mass is 35.5. The molecule has 7 heteroatoms. The van der Waals surface area contributed by atoms with E-state index in [1.54, 1.807) is 25.3 Å². The lowest BCUT2D eigenvalue weighted by molar-refractivity contribution is -0.132. The van der Waals surface area contributed by atoms with Crippen LogP contribution in [0.3, 0.4) is 0 Å². The average Bonchev–Trinajstić information content (AvgIpc) is 2.94. The van der Waals surface area contributed by atoms with Gasteiger partial charge in [0.2, 0.25) is 5.91 Å². The second kappa shape index (κ2) is 8.44. The van der Waals surface area contributed by atoms with Gasteiger partial charge in [0, 0.05) is 23.7 Å². The van der Waals surface area contributed by atoms with Gasteiger partial charge in [-0.1, -0.05) is 11.6 Å². The summed E-state index contributed by atoms with van der Waals surface area (Å²) in [5.74, 6) is 0.574. The van der Waals surface area contributed by atoms with Gasteiger partial charge < -0.3 is 20.5 Å². The van der Waals surface area contributed by atoms with Crippen LogP contribution in [0.1, 0.15) is 18.4 Å². The molecule has 1 saturated heterocycles. The van der Waals surface area contributed by atoms with E-state index in [1.807, 2.05) is 0 Å². The molecule has 2 atom stereocenters. The molecule has 0 spiro atoms. The van der Waals surface area contributed by atoms with Crippen LogP contribution in [0.25, 0.3) is 0 Å². The Morgan fingerprint density at radius 1 is 1.52 bits per heavy atom. The lowest BCUT2D eigenvalue weighted by Gasteiger charge is -2.14. The Bertz CT molecular complexity index is 485. The van der Waals surface area contributed by atoms with Crippen molar-refractivity contribution in [3.8, 4) is 5.75 Å². The third-order valence-corrected chi connectivity index (χ3v) is 3.59. The van der Waals surface area contributed by atoms with E-state index in [4.69, 9.17) is 26.8 Å². The summed E-state index contributed by atoms with van der Waals surface area (Å²) in [6, 6.07) is 5.30. The molecule has 0 radical (unpaired) electrons. The number of halogens is 2. The molecule has 1 fully saturated rings. The van der Waals surface area contributed by atoms with Gasteiger partial charge >= 0.3 is 0 Å². The first-order chi connectivity index (χ1) is 9.63. The molecule has 2 rings (SSSR count). The predicted molar refractivity (Wildman–Crippen MR) is 84.0 cm³/mol. The number of carbonyl (C=O) groups is 1. The molecular formula is C14H20Cl2N2O3. The Morgan fingerprint density at radius 2 is 2.29 bits per heavy atom. The molecule has 0 aliphatic carbocycles. The van der Waals surface area contributed by atoms with Crippen molar-refractivity contribution in [2.75, 3.05) is 13.7 Å². The van der Waals surface area contributed by atoms with E-state index in [9.17, 15) is 4.79 Å². The fourth-order valence-electron chi connectivity index (χ4n) is 2.25. The first-order valence-corrected chi connectivity index (χ1v) is 6.97. The molecule has 1 aliphatic rings. The van der Waals surface area contributed by atoms with Crippen LogP contribution in [0.2, 0.25) is 5.02 Å². The summed E-state index contributed by atoms with van der Waals surface area (Å²) in [5, 5.41) is 3.45. The van der Waals surface area contributed by atoms with Crippen molar-refractivity contribution in [3.05, 3.63) is 28.8 Å². The van der Waals surface area contributed by atoms with E-state index < -0.39 is 6.10 Å². The van der Waals surface area contributed by atoms with Crippen LogP contribution in [-0.2, 0) is 16.1 Å². The van der Waals surface area contributed by atoms with Gasteiger partial charge in [-0.3, -0.25) is 4.79 Å². The van der Waals surface area contributed by atoms with Crippen molar-refractivity contribution in [3.63, 3.8) is 0 Å². The van der Waals surface area contributed by atoms with E-state index in [1.165, 1.54) is 0 Å². The minimum Gasteiger partial charge on any atom is -0.496 e. The molecule has 1 amide bonds. The molecule has 0 unspecified atom stereocenters. The first kappa shape index (κ1) is 18.0. The van der Waals surface area contributed by atoms with Gasteiger partial charge in [-0.05, 0) is 31.0 Å². The van der Waals surface area contributed by atoms with Gasteiger partial charge in [0.1, 0.15) is 11.9 Å². The summed E-state index contributed by atoms with van der Waals surface area (Å²) in [6.07, 6.45) is 1.12. The predicted octanol–water partition coefficient (Wildman–Crippen LogP) is 1.89. The van der Waals surface area contributed by atoms with Gasteiger partial charge in [0.25, 0.3) is 0 Å². The van der Waals surface area contributed by atoms with E-state index in [2.05, 4.69) is 5.32 Å². The lowest BCUT2D eigenvalue weighted by Crippen LogP contribution is -2.35. The minimum absolute atomic E-state index is 0. The van der Waals surface area contributed by atoms with Crippen molar-refractivity contribution in [1.82, 2.24) is 5.32 Å². The fraction of sp³-hybridized carbons (Fsp3) is 0.500. The molecule has 1 aliphatic heterocycles. The van der Waals surface area contributed by atoms with Crippen LogP contribution in [0, 0.1) is 0 Å². The highest BCUT2D eigenvalue weighted by Crippen LogP contribution is 2.23. The van der Waals surface area contributed by atoms with Crippen LogP contribution >= 0.6 is 24.0 Å². The van der Waals surface area contributed by atoms with E-state index in [0.29, 0.717) is 30.3 Å². The maximum atomic E-state index is 12.0. The van der Waals surface area contributed by atoms with Crippen LogP contribution < -0.4 is 15.8 Å². The molecule has 0 aromatic heterocycles. The number of nitrogens with one attached hydrogen (secondary N) is 1. The van der Waals surface area contributed by atoms with Crippen LogP contribution in [0.4, 0.5) is 0 Å². The Balaban J connectivity index is 0.00000220. The van der Waals surface area contributed by atoms with Gasteiger partial charge in [0.05, 0.1) is 13.2 Å². The van der Waals surface area contributed by atoms with Crippen molar-refractivity contribution < 1.29 is 14.3 Å². The standard InChI is InChI=1S/C14H19ClN2O3.ClH/c1-19-12-4-2-10(15)6-9(12)8-17-14(18)13-5-3-11(7-16)20-13;/h2,4,6,11,13H,3,5,7-8,16H2,1H3,(H,17,18);1H/t11-,13+;/m1./s1. The first-order valence-electron chi connectivity index (χ1n) is 6.59. The molecule has 1 aromatic rings. The smallest absolute Gasteiger partial charge is 0.249 e. The zero-order valence-electron chi connectivity index (χ0n) is 11.8. The second-order valence-corrected chi connectivity index (χ2v) is 5.17. The summed E-state index contributed by atoms with van der Waals surface area (Å²) in [5.41, 5.74) is 6.36. The SMILES string of the molecule is COc1ccc(Cl)cc1CNC(=O)[C@@H]1CC[C@H](CN)O1.Cl. The van der Waals surface area contributed by atoms with Gasteiger partial charge in [-0.15, -0.1) is 12.4 Å². The van der Waals surface area contributed by atoms with E-state index in [-0.39, 0.29) is 24.4 Å². The summed E-state index contributed by atoms with van der Waals surface area (Å²) in [7, 11) is 1.58. The van der Waals surface area contributed by atoms with Crippen molar-refractivity contribution in [2.24, 2.45) is 5.73 Å². The van der Waals surface area contributed by atoms with E-state index >= 15 is 0 Å². The largest absolute Gasteiger partial charge is 0.496 e. The van der Waals surface area contributed by atoms with Crippen LogP contribution in [0.5, 0.6) is 5.75 Å². The Morgan fingerprint density at radius 3 is 2.90 bits per heavy atom. The molecule has 0 bridgehead atoms. The van der Waals surface area contributed by atoms with Crippen LogP contribution in [-0.4, -0.2) is 31.8 Å². The number of amides is 1. The van der Waals surface area contributed by atoms with E-state index in [0.717, 1.165) is 12.0 Å². The van der Waals surface area contributed by atoms with Gasteiger partial charge in [-0.2, -0.15) is 0 Å². The number of nitrogens with two attached hydrogens (primary N) is 1. The maximum Gasteiger partial charge on any atom is 0.249 e. The molecular weight excluding hydrogens is 315 g/mol. The number of methoxy groups -OCH3 is 1. The Kier molecular flexibility index (Phi) is 7.25. The second-order valence-electron chi connectivity index (χ2n) is 4.73. The van der Waals surface area contributed by atoms with Gasteiger partial charge in [0.15, 0.2) is 0 Å². The zero-order valence-corrected chi connectivity index (χ0v) is 13.4. The highest BCUT2D eigenvalue weighted by molar-refractivity contribution is 6.30. The monoisotopic (exact) mass is 334 g/mol. The highest BCUT2D eigenvalue weighted by Gasteiger charge is 2.29. The quantitative estimate of drug-likeness (QED) is 0.862. The molecule has 0 saturated carbocycles. The molecule has 118 valence electrons. The Hall–Kier alpha value is -1.01. The fourth-order valence-corrected chi connectivity index (χ4v) is 2.45. The minimum atomic E-state index is -0.409.